The predicted molar refractivity (Wildman–Crippen MR) is 84.9 cm³/mol. The molecule has 1 aromatic heterocycles. The molecule has 0 radical (unpaired) electrons. The van der Waals surface area contributed by atoms with Crippen LogP contribution in [0.2, 0.25) is 5.02 Å². The van der Waals surface area contributed by atoms with E-state index in [9.17, 15) is 0 Å². The normalized spacial score (nSPS) is 10.8. The summed E-state index contributed by atoms with van der Waals surface area (Å²) in [5.74, 6) is 8.01. The number of halogens is 1. The Labute approximate surface area is 129 Å². The maximum absolute atomic E-state index is 6.03. The zero-order valence-corrected chi connectivity index (χ0v) is 13.3. The molecule has 0 fully saturated rings. The van der Waals surface area contributed by atoms with Crippen LogP contribution < -0.4 is 16.0 Å². The van der Waals surface area contributed by atoms with Crippen molar-refractivity contribution in [3.63, 3.8) is 0 Å². The highest BCUT2D eigenvalue weighted by molar-refractivity contribution is 6.30. The quantitative estimate of drug-likeness (QED) is 0.661. The molecule has 3 N–H and O–H groups in total. The number of rotatable bonds is 4. The molecule has 0 unspecified atom stereocenters. The number of ether oxygens (including phenoxy) is 1. The molecule has 1 aromatic carbocycles. The van der Waals surface area contributed by atoms with E-state index < -0.39 is 0 Å². The molecule has 0 aliphatic carbocycles. The third-order valence-electron chi connectivity index (χ3n) is 3.02. The van der Waals surface area contributed by atoms with E-state index in [2.05, 4.69) is 15.4 Å². The molecule has 0 saturated heterocycles. The standard InChI is InChI=1S/C15H19ClN4O/c1-8(2)15-18-12(20-17)7-13(19-15)21-14-9(3)5-11(16)6-10(14)4/h5-8H,17H2,1-4H3,(H,18,19,20). The smallest absolute Gasteiger partial charge is 0.224 e. The molecule has 5 nitrogen and oxygen atoms in total. The number of nitrogens with two attached hydrogens (primary N) is 1. The van der Waals surface area contributed by atoms with Gasteiger partial charge in [0.25, 0.3) is 0 Å². The van der Waals surface area contributed by atoms with Crippen LogP contribution in [0.4, 0.5) is 5.82 Å². The van der Waals surface area contributed by atoms with Gasteiger partial charge in [0.05, 0.1) is 0 Å². The highest BCUT2D eigenvalue weighted by atomic mass is 35.5. The molecule has 21 heavy (non-hydrogen) atoms. The van der Waals surface area contributed by atoms with Gasteiger partial charge in [0, 0.05) is 17.0 Å². The number of hydrogen-bond acceptors (Lipinski definition) is 5. The minimum absolute atomic E-state index is 0.174. The SMILES string of the molecule is Cc1cc(Cl)cc(C)c1Oc1cc(NN)nc(C(C)C)n1. The summed E-state index contributed by atoms with van der Waals surface area (Å²) in [7, 11) is 0. The van der Waals surface area contributed by atoms with Gasteiger partial charge in [0.2, 0.25) is 5.88 Å². The van der Waals surface area contributed by atoms with E-state index in [1.807, 2.05) is 39.8 Å². The predicted octanol–water partition coefficient (Wildman–Crippen LogP) is 3.95. The lowest BCUT2D eigenvalue weighted by Crippen LogP contribution is -2.11. The first kappa shape index (κ1) is 15.5. The Kier molecular flexibility index (Phi) is 4.65. The van der Waals surface area contributed by atoms with Crippen molar-refractivity contribution < 1.29 is 4.74 Å². The molecule has 112 valence electrons. The Bertz CT molecular complexity index is 635. The molecular weight excluding hydrogens is 288 g/mol. The summed E-state index contributed by atoms with van der Waals surface area (Å²) in [4.78, 5) is 8.72. The van der Waals surface area contributed by atoms with Gasteiger partial charge in [-0.3, -0.25) is 0 Å². The fraction of sp³-hybridized carbons (Fsp3) is 0.333. The first-order valence-electron chi connectivity index (χ1n) is 6.71. The number of nitrogen functional groups attached to an aromatic ring is 1. The monoisotopic (exact) mass is 306 g/mol. The van der Waals surface area contributed by atoms with E-state index in [0.717, 1.165) is 16.9 Å². The largest absolute Gasteiger partial charge is 0.438 e. The average molecular weight is 307 g/mol. The number of nitrogens with zero attached hydrogens (tertiary/aromatic N) is 2. The summed E-state index contributed by atoms with van der Waals surface area (Å²) in [5, 5.41) is 0.687. The van der Waals surface area contributed by atoms with Crippen LogP contribution in [0.25, 0.3) is 0 Å². The number of hydrogen-bond donors (Lipinski definition) is 2. The highest BCUT2D eigenvalue weighted by Gasteiger charge is 2.12. The number of anilines is 1. The second kappa shape index (κ2) is 6.28. The van der Waals surface area contributed by atoms with E-state index in [1.165, 1.54) is 0 Å². The molecule has 0 aliphatic heterocycles. The van der Waals surface area contributed by atoms with Crippen LogP contribution in [-0.2, 0) is 0 Å². The fourth-order valence-electron chi connectivity index (χ4n) is 1.99. The third kappa shape index (κ3) is 3.62. The van der Waals surface area contributed by atoms with Gasteiger partial charge in [0.15, 0.2) is 0 Å². The number of aryl methyl sites for hydroxylation is 2. The molecule has 0 amide bonds. The van der Waals surface area contributed by atoms with Crippen molar-refractivity contribution in [3.8, 4) is 11.6 Å². The van der Waals surface area contributed by atoms with Crippen molar-refractivity contribution >= 4 is 17.4 Å². The van der Waals surface area contributed by atoms with Crippen LogP contribution in [-0.4, -0.2) is 9.97 Å². The summed E-state index contributed by atoms with van der Waals surface area (Å²) in [5.41, 5.74) is 4.44. The topological polar surface area (TPSA) is 73.1 Å². The van der Waals surface area contributed by atoms with Crippen molar-refractivity contribution in [1.82, 2.24) is 9.97 Å². The Morgan fingerprint density at radius 3 is 2.29 bits per heavy atom. The van der Waals surface area contributed by atoms with Crippen LogP contribution in [0.1, 0.15) is 36.7 Å². The van der Waals surface area contributed by atoms with E-state index in [0.29, 0.717) is 22.5 Å². The van der Waals surface area contributed by atoms with Gasteiger partial charge < -0.3 is 10.2 Å². The minimum Gasteiger partial charge on any atom is -0.438 e. The van der Waals surface area contributed by atoms with Crippen LogP contribution in [0.3, 0.4) is 0 Å². The first-order chi connectivity index (χ1) is 9.90. The lowest BCUT2D eigenvalue weighted by molar-refractivity contribution is 0.450. The second-order valence-electron chi connectivity index (χ2n) is 5.22. The molecule has 0 saturated carbocycles. The lowest BCUT2D eigenvalue weighted by Gasteiger charge is -2.14. The number of benzene rings is 1. The fourth-order valence-corrected chi connectivity index (χ4v) is 2.32. The maximum Gasteiger partial charge on any atom is 0.224 e. The van der Waals surface area contributed by atoms with Crippen molar-refractivity contribution in [2.75, 3.05) is 5.43 Å². The Morgan fingerprint density at radius 2 is 1.76 bits per heavy atom. The van der Waals surface area contributed by atoms with Crippen LogP contribution in [0, 0.1) is 13.8 Å². The summed E-state index contributed by atoms with van der Waals surface area (Å²) < 4.78 is 5.92. The van der Waals surface area contributed by atoms with Crippen LogP contribution >= 0.6 is 11.6 Å². The van der Waals surface area contributed by atoms with Crippen molar-refractivity contribution in [1.29, 1.82) is 0 Å². The van der Waals surface area contributed by atoms with Gasteiger partial charge in [-0.05, 0) is 37.1 Å². The van der Waals surface area contributed by atoms with E-state index in [-0.39, 0.29) is 5.92 Å². The number of aromatic nitrogens is 2. The number of hydrazine groups is 1. The van der Waals surface area contributed by atoms with Crippen LogP contribution in [0.15, 0.2) is 18.2 Å². The van der Waals surface area contributed by atoms with E-state index >= 15 is 0 Å². The zero-order valence-electron chi connectivity index (χ0n) is 12.6. The van der Waals surface area contributed by atoms with Crippen molar-refractivity contribution in [3.05, 3.63) is 40.2 Å². The molecule has 6 heteroatoms. The third-order valence-corrected chi connectivity index (χ3v) is 3.23. The molecule has 0 spiro atoms. The highest BCUT2D eigenvalue weighted by Crippen LogP contribution is 2.31. The van der Waals surface area contributed by atoms with Crippen molar-refractivity contribution in [2.24, 2.45) is 5.84 Å². The number of nitrogens with one attached hydrogen (secondary N) is 1. The van der Waals surface area contributed by atoms with E-state index in [4.69, 9.17) is 22.2 Å². The Morgan fingerprint density at radius 1 is 1.14 bits per heavy atom. The summed E-state index contributed by atoms with van der Waals surface area (Å²) in [6.45, 7) is 7.91. The molecule has 2 aromatic rings. The van der Waals surface area contributed by atoms with Crippen LogP contribution in [0.5, 0.6) is 11.6 Å². The minimum atomic E-state index is 0.174. The van der Waals surface area contributed by atoms with Crippen molar-refractivity contribution in [2.45, 2.75) is 33.6 Å². The van der Waals surface area contributed by atoms with Gasteiger partial charge in [-0.25, -0.2) is 10.8 Å². The molecule has 0 atom stereocenters. The molecule has 1 heterocycles. The Balaban J connectivity index is 2.42. The zero-order chi connectivity index (χ0) is 15.6. The molecular formula is C15H19ClN4O. The van der Waals surface area contributed by atoms with Gasteiger partial charge in [0.1, 0.15) is 17.4 Å². The first-order valence-corrected chi connectivity index (χ1v) is 7.08. The summed E-state index contributed by atoms with van der Waals surface area (Å²) in [6, 6.07) is 5.38. The molecule has 0 aliphatic rings. The lowest BCUT2D eigenvalue weighted by atomic mass is 10.1. The van der Waals surface area contributed by atoms with Gasteiger partial charge >= 0.3 is 0 Å². The maximum atomic E-state index is 6.03. The second-order valence-corrected chi connectivity index (χ2v) is 5.66. The van der Waals surface area contributed by atoms with Gasteiger partial charge in [-0.15, -0.1) is 0 Å². The summed E-state index contributed by atoms with van der Waals surface area (Å²) >= 11 is 6.03. The average Bonchev–Trinajstić information content (AvgIpc) is 2.42. The van der Waals surface area contributed by atoms with Gasteiger partial charge in [-0.2, -0.15) is 4.98 Å². The van der Waals surface area contributed by atoms with Gasteiger partial charge in [-0.1, -0.05) is 25.4 Å². The molecule has 0 bridgehead atoms. The Hall–Kier alpha value is -1.85. The summed E-state index contributed by atoms with van der Waals surface area (Å²) in [6.07, 6.45) is 0. The van der Waals surface area contributed by atoms with E-state index in [1.54, 1.807) is 6.07 Å². The molecule has 2 rings (SSSR count).